The van der Waals surface area contributed by atoms with Gasteiger partial charge in [0.25, 0.3) is 0 Å². The fraction of sp³-hybridized carbons (Fsp3) is 0.600. The summed E-state index contributed by atoms with van der Waals surface area (Å²) < 4.78 is 4.67. The molecule has 0 radical (unpaired) electrons. The molecule has 3 nitrogen and oxygen atoms in total. The summed E-state index contributed by atoms with van der Waals surface area (Å²) in [5.41, 5.74) is 3.12. The zero-order valence-corrected chi connectivity index (χ0v) is 8.66. The number of hydrogen-bond donors (Lipinski definition) is 0. The van der Waals surface area contributed by atoms with Gasteiger partial charge in [-0.15, -0.1) is 0 Å². The summed E-state index contributed by atoms with van der Waals surface area (Å²) in [5.74, 6) is 0.458. The van der Waals surface area contributed by atoms with E-state index < -0.39 is 0 Å². The third-order valence-electron chi connectivity index (χ3n) is 2.13. The molecule has 1 unspecified atom stereocenters. The first-order valence-electron chi connectivity index (χ1n) is 4.78. The standard InChI is InChI=1S/C8H10N2O.C2H6/c1-5-3-4-6(2)8-7(5)9-11-10-8;1-2/h3,6H,4H2,1-2H3;1-2H3. The van der Waals surface area contributed by atoms with Crippen LogP contribution < -0.4 is 0 Å². The molecule has 3 heteroatoms. The van der Waals surface area contributed by atoms with Crippen LogP contribution in [0.4, 0.5) is 0 Å². The lowest BCUT2D eigenvalue weighted by molar-refractivity contribution is 0.301. The minimum atomic E-state index is 0.458. The lowest BCUT2D eigenvalue weighted by Gasteiger charge is -2.11. The van der Waals surface area contributed by atoms with Gasteiger partial charge in [0, 0.05) is 5.92 Å². The third-order valence-corrected chi connectivity index (χ3v) is 2.13. The molecule has 0 aliphatic heterocycles. The van der Waals surface area contributed by atoms with Gasteiger partial charge in [-0.05, 0) is 24.1 Å². The second-order valence-electron chi connectivity index (χ2n) is 3.02. The summed E-state index contributed by atoms with van der Waals surface area (Å²) in [5, 5.41) is 7.70. The van der Waals surface area contributed by atoms with Gasteiger partial charge in [-0.25, -0.2) is 4.63 Å². The lowest BCUT2D eigenvalue weighted by Crippen LogP contribution is -2.01. The van der Waals surface area contributed by atoms with E-state index in [1.807, 2.05) is 20.8 Å². The zero-order valence-electron chi connectivity index (χ0n) is 8.66. The first-order chi connectivity index (χ1) is 6.29. The quantitative estimate of drug-likeness (QED) is 0.616. The molecule has 0 amide bonds. The van der Waals surface area contributed by atoms with E-state index in [0.717, 1.165) is 17.8 Å². The minimum Gasteiger partial charge on any atom is -0.244 e. The Kier molecular flexibility index (Phi) is 3.23. The van der Waals surface area contributed by atoms with Gasteiger partial charge in [0.05, 0.1) is 0 Å². The molecule has 72 valence electrons. The predicted octanol–water partition coefficient (Wildman–Crippen LogP) is 3.01. The van der Waals surface area contributed by atoms with Gasteiger partial charge in [0.15, 0.2) is 0 Å². The minimum absolute atomic E-state index is 0.458. The van der Waals surface area contributed by atoms with Crippen LogP contribution in [-0.4, -0.2) is 10.3 Å². The van der Waals surface area contributed by atoms with Crippen molar-refractivity contribution in [3.8, 4) is 0 Å². The summed E-state index contributed by atoms with van der Waals surface area (Å²) >= 11 is 0. The Morgan fingerprint density at radius 3 is 2.69 bits per heavy atom. The van der Waals surface area contributed by atoms with Crippen LogP contribution in [0.25, 0.3) is 5.57 Å². The summed E-state index contributed by atoms with van der Waals surface area (Å²) in [6.07, 6.45) is 3.23. The van der Waals surface area contributed by atoms with Crippen molar-refractivity contribution in [2.24, 2.45) is 0 Å². The number of fused-ring (bicyclic) bond motifs is 1. The molecule has 2 rings (SSSR count). The van der Waals surface area contributed by atoms with E-state index in [9.17, 15) is 0 Å². The second kappa shape index (κ2) is 4.21. The highest BCUT2D eigenvalue weighted by Gasteiger charge is 2.21. The third kappa shape index (κ3) is 1.79. The maximum Gasteiger partial charge on any atom is 0.133 e. The molecular weight excluding hydrogens is 164 g/mol. The molecule has 1 atom stereocenters. The van der Waals surface area contributed by atoms with E-state index in [1.54, 1.807) is 0 Å². The van der Waals surface area contributed by atoms with Crippen LogP contribution in [0.1, 0.15) is 51.4 Å². The Bertz CT molecular complexity index is 302. The summed E-state index contributed by atoms with van der Waals surface area (Å²) in [6.45, 7) is 8.17. The Labute approximate surface area is 78.8 Å². The van der Waals surface area contributed by atoms with Crippen LogP contribution in [0.3, 0.4) is 0 Å². The van der Waals surface area contributed by atoms with E-state index in [0.29, 0.717) is 5.92 Å². The molecule has 0 fully saturated rings. The van der Waals surface area contributed by atoms with E-state index in [2.05, 4.69) is 27.9 Å². The molecule has 0 saturated carbocycles. The monoisotopic (exact) mass is 180 g/mol. The topological polar surface area (TPSA) is 38.9 Å². The molecule has 1 aromatic heterocycles. The number of rotatable bonds is 0. The molecule has 1 aliphatic rings. The van der Waals surface area contributed by atoms with Crippen LogP contribution >= 0.6 is 0 Å². The highest BCUT2D eigenvalue weighted by atomic mass is 16.6. The molecule has 1 heterocycles. The fourth-order valence-electron chi connectivity index (χ4n) is 1.35. The van der Waals surface area contributed by atoms with Crippen molar-refractivity contribution in [1.29, 1.82) is 0 Å². The van der Waals surface area contributed by atoms with Gasteiger partial charge in [0.1, 0.15) is 11.4 Å². The van der Waals surface area contributed by atoms with Crippen molar-refractivity contribution in [2.75, 3.05) is 0 Å². The van der Waals surface area contributed by atoms with Crippen molar-refractivity contribution in [3.63, 3.8) is 0 Å². The Hall–Kier alpha value is -1.12. The molecule has 0 bridgehead atoms. The Morgan fingerprint density at radius 1 is 1.38 bits per heavy atom. The Morgan fingerprint density at radius 2 is 2.08 bits per heavy atom. The van der Waals surface area contributed by atoms with Crippen molar-refractivity contribution < 1.29 is 4.63 Å². The highest BCUT2D eigenvalue weighted by molar-refractivity contribution is 5.64. The summed E-state index contributed by atoms with van der Waals surface area (Å²) in [6, 6.07) is 0. The van der Waals surface area contributed by atoms with Gasteiger partial charge in [-0.2, -0.15) is 0 Å². The fourth-order valence-corrected chi connectivity index (χ4v) is 1.35. The van der Waals surface area contributed by atoms with Crippen LogP contribution in [0.15, 0.2) is 10.7 Å². The molecule has 1 aliphatic carbocycles. The summed E-state index contributed by atoms with van der Waals surface area (Å²) in [7, 11) is 0. The van der Waals surface area contributed by atoms with Crippen LogP contribution in [-0.2, 0) is 0 Å². The van der Waals surface area contributed by atoms with Crippen molar-refractivity contribution >= 4 is 5.57 Å². The lowest BCUT2D eigenvalue weighted by atomic mass is 9.93. The zero-order chi connectivity index (χ0) is 9.84. The number of aromatic nitrogens is 2. The van der Waals surface area contributed by atoms with E-state index >= 15 is 0 Å². The molecular formula is C10H16N2O. The van der Waals surface area contributed by atoms with E-state index in [4.69, 9.17) is 0 Å². The molecule has 0 aromatic carbocycles. The van der Waals surface area contributed by atoms with E-state index in [-0.39, 0.29) is 0 Å². The Balaban J connectivity index is 0.000000396. The van der Waals surface area contributed by atoms with E-state index in [1.165, 1.54) is 5.57 Å². The number of allylic oxidation sites excluding steroid dienone is 2. The van der Waals surface area contributed by atoms with Gasteiger partial charge < -0.3 is 0 Å². The van der Waals surface area contributed by atoms with Gasteiger partial charge in [-0.1, -0.05) is 32.0 Å². The number of hydrogen-bond acceptors (Lipinski definition) is 3. The van der Waals surface area contributed by atoms with Crippen LogP contribution in [0.2, 0.25) is 0 Å². The van der Waals surface area contributed by atoms with Crippen molar-refractivity contribution in [3.05, 3.63) is 17.5 Å². The molecule has 0 saturated heterocycles. The number of nitrogens with zero attached hydrogens (tertiary/aromatic N) is 2. The molecule has 0 N–H and O–H groups in total. The maximum absolute atomic E-state index is 4.67. The van der Waals surface area contributed by atoms with Gasteiger partial charge >= 0.3 is 0 Å². The first kappa shape index (κ1) is 9.96. The molecule has 0 spiro atoms. The SMILES string of the molecule is CC.CC1=CCC(C)c2nonc21. The predicted molar refractivity (Wildman–Crippen MR) is 52.3 cm³/mol. The first-order valence-corrected chi connectivity index (χ1v) is 4.78. The largest absolute Gasteiger partial charge is 0.244 e. The van der Waals surface area contributed by atoms with Crippen molar-refractivity contribution in [1.82, 2.24) is 10.3 Å². The smallest absolute Gasteiger partial charge is 0.133 e. The van der Waals surface area contributed by atoms with Crippen LogP contribution in [0, 0.1) is 0 Å². The normalized spacial score (nSPS) is 19.7. The van der Waals surface area contributed by atoms with Crippen LogP contribution in [0.5, 0.6) is 0 Å². The maximum atomic E-state index is 4.67. The second-order valence-corrected chi connectivity index (χ2v) is 3.02. The van der Waals surface area contributed by atoms with Crippen molar-refractivity contribution in [2.45, 2.75) is 40.0 Å². The molecule has 13 heavy (non-hydrogen) atoms. The highest BCUT2D eigenvalue weighted by Crippen LogP contribution is 2.30. The van der Waals surface area contributed by atoms with Gasteiger partial charge in [-0.3, -0.25) is 0 Å². The van der Waals surface area contributed by atoms with Gasteiger partial charge in [0.2, 0.25) is 0 Å². The summed E-state index contributed by atoms with van der Waals surface area (Å²) in [4.78, 5) is 0. The molecule has 1 aromatic rings. The average molecular weight is 180 g/mol. The average Bonchev–Trinajstić information content (AvgIpc) is 2.64.